The van der Waals surface area contributed by atoms with E-state index in [4.69, 9.17) is 4.74 Å². The first-order valence-electron chi connectivity index (χ1n) is 11.0. The topological polar surface area (TPSA) is 49.9 Å². The van der Waals surface area contributed by atoms with Crippen molar-refractivity contribution < 1.29 is 13.2 Å². The lowest BCUT2D eigenvalue weighted by molar-refractivity contribution is 0.150. The zero-order valence-electron chi connectivity index (χ0n) is 18.4. The number of hydrogen-bond acceptors (Lipinski definition) is 4. The largest absolute Gasteiger partial charge is 0.497 e. The van der Waals surface area contributed by atoms with Crippen LogP contribution < -0.4 is 4.74 Å². The summed E-state index contributed by atoms with van der Waals surface area (Å²) in [5.74, 6) is 0.764. The molecule has 4 rings (SSSR count). The Morgan fingerprint density at radius 2 is 1.44 bits per heavy atom. The maximum atomic E-state index is 13.6. The zero-order chi connectivity index (χ0) is 22.4. The van der Waals surface area contributed by atoms with E-state index in [9.17, 15) is 8.42 Å². The zero-order valence-corrected chi connectivity index (χ0v) is 19.2. The number of benzene rings is 3. The minimum absolute atomic E-state index is 0.0330. The molecular weight excluding hydrogens is 420 g/mol. The number of likely N-dealkylation sites (tertiary alicyclic amines) is 1. The van der Waals surface area contributed by atoms with Gasteiger partial charge in [0.2, 0.25) is 10.0 Å². The molecule has 0 bridgehead atoms. The minimum Gasteiger partial charge on any atom is -0.497 e. The summed E-state index contributed by atoms with van der Waals surface area (Å²) in [6, 6.07) is 26.8. The molecular formula is C26H30N2O3S. The Morgan fingerprint density at radius 3 is 2.03 bits per heavy atom. The third-order valence-electron chi connectivity index (χ3n) is 6.06. The van der Waals surface area contributed by atoms with E-state index in [2.05, 4.69) is 29.2 Å². The molecule has 1 aliphatic rings. The van der Waals surface area contributed by atoms with Gasteiger partial charge in [0.05, 0.1) is 12.0 Å². The van der Waals surface area contributed by atoms with Gasteiger partial charge in [0.1, 0.15) is 5.75 Å². The number of rotatable bonds is 8. The van der Waals surface area contributed by atoms with Crippen molar-refractivity contribution in [2.75, 3.05) is 20.2 Å². The van der Waals surface area contributed by atoms with Gasteiger partial charge in [0.25, 0.3) is 0 Å². The lowest BCUT2D eigenvalue weighted by Crippen LogP contribution is -2.46. The summed E-state index contributed by atoms with van der Waals surface area (Å²) in [6.45, 7) is 3.01. The van der Waals surface area contributed by atoms with E-state index in [1.807, 2.05) is 36.4 Å². The third kappa shape index (κ3) is 5.38. The Morgan fingerprint density at radius 1 is 0.844 bits per heavy atom. The summed E-state index contributed by atoms with van der Waals surface area (Å²) < 4.78 is 34.2. The average molecular weight is 451 g/mol. The van der Waals surface area contributed by atoms with Crippen LogP contribution in [0.25, 0.3) is 0 Å². The number of hydrogen-bond donors (Lipinski definition) is 0. The molecule has 0 aromatic heterocycles. The first kappa shape index (κ1) is 22.5. The van der Waals surface area contributed by atoms with Gasteiger partial charge in [-0.25, -0.2) is 8.42 Å². The van der Waals surface area contributed by atoms with Crippen LogP contribution in [0.1, 0.15) is 24.0 Å². The third-order valence-corrected chi connectivity index (χ3v) is 7.97. The van der Waals surface area contributed by atoms with Crippen LogP contribution in [-0.4, -0.2) is 43.9 Å². The van der Waals surface area contributed by atoms with Crippen molar-refractivity contribution in [3.8, 4) is 5.75 Å². The molecule has 0 atom stereocenters. The molecule has 0 amide bonds. The van der Waals surface area contributed by atoms with E-state index in [-0.39, 0.29) is 6.04 Å². The summed E-state index contributed by atoms with van der Waals surface area (Å²) >= 11 is 0. The van der Waals surface area contributed by atoms with E-state index in [1.165, 1.54) is 5.56 Å². The summed E-state index contributed by atoms with van der Waals surface area (Å²) in [5.41, 5.74) is 2.25. The Bertz CT molecular complexity index is 1080. The smallest absolute Gasteiger partial charge is 0.243 e. The van der Waals surface area contributed by atoms with Crippen molar-refractivity contribution in [3.05, 3.63) is 96.1 Å². The summed E-state index contributed by atoms with van der Waals surface area (Å²) in [6.07, 6.45) is 1.63. The number of methoxy groups -OCH3 is 1. The van der Waals surface area contributed by atoms with Crippen LogP contribution in [0.4, 0.5) is 0 Å². The summed E-state index contributed by atoms with van der Waals surface area (Å²) in [4.78, 5) is 2.76. The fraction of sp³-hybridized carbons (Fsp3) is 0.308. The summed E-state index contributed by atoms with van der Waals surface area (Å²) in [7, 11) is -1.98. The molecule has 3 aromatic rings. The summed E-state index contributed by atoms with van der Waals surface area (Å²) in [5, 5.41) is 0. The standard InChI is InChI=1S/C26H30N2O3S/c1-31-25-14-12-23(13-15-25)21-28(32(29,30)26-10-6-3-7-11-26)24-16-18-27(19-17-24)20-22-8-4-2-5-9-22/h2-15,24H,16-21H2,1H3. The molecule has 0 N–H and O–H groups in total. The Balaban J connectivity index is 1.52. The van der Waals surface area contributed by atoms with Crippen LogP contribution in [0.5, 0.6) is 5.75 Å². The molecule has 1 fully saturated rings. The van der Waals surface area contributed by atoms with Crippen molar-refractivity contribution in [3.63, 3.8) is 0 Å². The normalized spacial score (nSPS) is 15.7. The van der Waals surface area contributed by atoms with Gasteiger partial charge in [-0.1, -0.05) is 60.7 Å². The van der Waals surface area contributed by atoms with Gasteiger partial charge in [-0.2, -0.15) is 4.31 Å². The predicted octanol–water partition coefficient (Wildman–Crippen LogP) is 4.55. The molecule has 168 valence electrons. The Kier molecular flexibility index (Phi) is 7.25. The van der Waals surface area contributed by atoms with Crippen molar-refractivity contribution in [1.82, 2.24) is 9.21 Å². The molecule has 0 saturated carbocycles. The molecule has 5 nitrogen and oxygen atoms in total. The van der Waals surface area contributed by atoms with Crippen molar-refractivity contribution in [2.45, 2.75) is 36.9 Å². The van der Waals surface area contributed by atoms with Crippen LogP contribution in [0, 0.1) is 0 Å². The van der Waals surface area contributed by atoms with E-state index in [1.54, 1.807) is 35.7 Å². The van der Waals surface area contributed by atoms with Crippen molar-refractivity contribution in [2.24, 2.45) is 0 Å². The van der Waals surface area contributed by atoms with E-state index in [0.717, 1.165) is 43.8 Å². The van der Waals surface area contributed by atoms with Crippen molar-refractivity contribution >= 4 is 10.0 Å². The van der Waals surface area contributed by atoms with Crippen LogP contribution in [-0.2, 0) is 23.1 Å². The first-order valence-corrected chi connectivity index (χ1v) is 12.5. The second-order valence-electron chi connectivity index (χ2n) is 8.20. The van der Waals surface area contributed by atoms with Gasteiger partial charge in [-0.3, -0.25) is 4.90 Å². The molecule has 3 aromatic carbocycles. The molecule has 0 radical (unpaired) electrons. The lowest BCUT2D eigenvalue weighted by atomic mass is 10.0. The molecule has 1 saturated heterocycles. The maximum absolute atomic E-state index is 13.6. The van der Waals surface area contributed by atoms with Crippen LogP contribution >= 0.6 is 0 Å². The Hall–Kier alpha value is -2.67. The SMILES string of the molecule is COc1ccc(CN(C2CCN(Cc3ccccc3)CC2)S(=O)(=O)c2ccccc2)cc1. The molecule has 6 heteroatoms. The lowest BCUT2D eigenvalue weighted by Gasteiger charge is -2.38. The fourth-order valence-corrected chi connectivity index (χ4v) is 5.95. The highest BCUT2D eigenvalue weighted by Crippen LogP contribution is 2.27. The molecule has 0 aliphatic carbocycles. The quantitative estimate of drug-likeness (QED) is 0.505. The maximum Gasteiger partial charge on any atom is 0.243 e. The van der Waals surface area contributed by atoms with Crippen molar-refractivity contribution in [1.29, 1.82) is 0 Å². The van der Waals surface area contributed by atoms with Gasteiger partial charge >= 0.3 is 0 Å². The first-order chi connectivity index (χ1) is 15.6. The van der Waals surface area contributed by atoms with E-state index >= 15 is 0 Å². The predicted molar refractivity (Wildman–Crippen MR) is 127 cm³/mol. The highest BCUT2D eigenvalue weighted by Gasteiger charge is 2.33. The highest BCUT2D eigenvalue weighted by molar-refractivity contribution is 7.89. The van der Waals surface area contributed by atoms with Gasteiger partial charge in [0.15, 0.2) is 0 Å². The van der Waals surface area contributed by atoms with Gasteiger partial charge in [0, 0.05) is 32.2 Å². The van der Waals surface area contributed by atoms with Gasteiger partial charge < -0.3 is 4.74 Å². The molecule has 32 heavy (non-hydrogen) atoms. The molecule has 0 unspecified atom stereocenters. The van der Waals surface area contributed by atoms with Crippen LogP contribution in [0.15, 0.2) is 89.8 Å². The van der Waals surface area contributed by atoms with E-state index < -0.39 is 10.0 Å². The molecule has 1 aliphatic heterocycles. The average Bonchev–Trinajstić information content (AvgIpc) is 2.85. The highest BCUT2D eigenvalue weighted by atomic mass is 32.2. The molecule has 1 heterocycles. The number of nitrogens with zero attached hydrogens (tertiary/aromatic N) is 2. The monoisotopic (exact) mass is 450 g/mol. The second kappa shape index (κ2) is 10.3. The fourth-order valence-electron chi connectivity index (χ4n) is 4.26. The second-order valence-corrected chi connectivity index (χ2v) is 10.1. The van der Waals surface area contributed by atoms with Gasteiger partial charge in [-0.05, 0) is 48.2 Å². The number of ether oxygens (including phenoxy) is 1. The Labute approximate surface area is 191 Å². The number of piperidine rings is 1. The van der Waals surface area contributed by atoms with Crippen LogP contribution in [0.3, 0.4) is 0 Å². The van der Waals surface area contributed by atoms with Gasteiger partial charge in [-0.15, -0.1) is 0 Å². The molecule has 0 spiro atoms. The minimum atomic E-state index is -3.61. The van der Waals surface area contributed by atoms with Crippen LogP contribution in [0.2, 0.25) is 0 Å². The number of sulfonamides is 1. The van der Waals surface area contributed by atoms with E-state index in [0.29, 0.717) is 11.4 Å².